The summed E-state index contributed by atoms with van der Waals surface area (Å²) >= 11 is 1.75. The molecular weight excluding hydrogens is 232 g/mol. The Kier molecular flexibility index (Phi) is 3.30. The van der Waals surface area contributed by atoms with Gasteiger partial charge in [-0.3, -0.25) is 4.79 Å². The van der Waals surface area contributed by atoms with Gasteiger partial charge >= 0.3 is 0 Å². The van der Waals surface area contributed by atoms with E-state index in [1.54, 1.807) is 11.3 Å². The van der Waals surface area contributed by atoms with E-state index in [4.69, 9.17) is 4.74 Å². The normalized spacial score (nSPS) is 21.2. The van der Waals surface area contributed by atoms with Gasteiger partial charge in [-0.1, -0.05) is 0 Å². The number of rotatable bonds is 2. The minimum absolute atomic E-state index is 0.212. The van der Waals surface area contributed by atoms with Crippen molar-refractivity contribution in [3.05, 3.63) is 21.4 Å². The molecule has 2 nitrogen and oxygen atoms in total. The van der Waals surface area contributed by atoms with Gasteiger partial charge in [-0.15, -0.1) is 11.3 Å². The summed E-state index contributed by atoms with van der Waals surface area (Å²) in [5.74, 6) is 0.580. The number of ketones is 1. The molecule has 0 atom stereocenters. The maximum atomic E-state index is 12.4. The Labute approximate surface area is 106 Å². The van der Waals surface area contributed by atoms with Gasteiger partial charge in [0.05, 0.1) is 4.88 Å². The Hall–Kier alpha value is -0.670. The highest BCUT2D eigenvalue weighted by atomic mass is 32.1. The van der Waals surface area contributed by atoms with Gasteiger partial charge in [0.15, 0.2) is 5.78 Å². The number of aryl methyl sites for hydroxylation is 2. The Bertz CT molecular complexity index is 392. The molecule has 0 radical (unpaired) electrons. The van der Waals surface area contributed by atoms with Gasteiger partial charge < -0.3 is 4.74 Å². The van der Waals surface area contributed by atoms with Gasteiger partial charge in [0.25, 0.3) is 0 Å². The van der Waals surface area contributed by atoms with Crippen LogP contribution in [-0.4, -0.2) is 19.0 Å². The molecule has 1 aromatic heterocycles. The van der Waals surface area contributed by atoms with Crippen LogP contribution in [0.15, 0.2) is 6.07 Å². The van der Waals surface area contributed by atoms with Crippen molar-refractivity contribution in [2.45, 2.75) is 38.5 Å². The van der Waals surface area contributed by atoms with E-state index in [2.05, 4.69) is 6.07 Å². The molecule has 0 aromatic carbocycles. The van der Waals surface area contributed by atoms with Crippen molar-refractivity contribution >= 4 is 17.1 Å². The fourth-order valence-corrected chi connectivity index (χ4v) is 4.05. The predicted octanol–water partition coefficient (Wildman–Crippen LogP) is 3.24. The van der Waals surface area contributed by atoms with Crippen molar-refractivity contribution in [2.75, 3.05) is 13.2 Å². The number of carbonyl (C=O) groups is 1. The lowest BCUT2D eigenvalue weighted by Crippen LogP contribution is -2.22. The molecule has 17 heavy (non-hydrogen) atoms. The molecule has 0 amide bonds. The van der Waals surface area contributed by atoms with Gasteiger partial charge in [-0.25, -0.2) is 0 Å². The number of thiophene rings is 1. The van der Waals surface area contributed by atoms with Crippen molar-refractivity contribution in [1.82, 2.24) is 0 Å². The van der Waals surface area contributed by atoms with Crippen LogP contribution in [-0.2, 0) is 17.6 Å². The van der Waals surface area contributed by atoms with Crippen LogP contribution < -0.4 is 0 Å². The fourth-order valence-electron chi connectivity index (χ4n) is 2.77. The van der Waals surface area contributed by atoms with E-state index in [0.29, 0.717) is 5.78 Å². The zero-order chi connectivity index (χ0) is 11.7. The van der Waals surface area contributed by atoms with Crippen LogP contribution in [0.2, 0.25) is 0 Å². The first-order chi connectivity index (χ1) is 8.34. The van der Waals surface area contributed by atoms with Gasteiger partial charge in [0.2, 0.25) is 0 Å². The summed E-state index contributed by atoms with van der Waals surface area (Å²) in [6.07, 6.45) is 6.74. The Morgan fingerprint density at radius 3 is 2.76 bits per heavy atom. The average Bonchev–Trinajstić information content (AvgIpc) is 2.82. The van der Waals surface area contributed by atoms with E-state index < -0.39 is 0 Å². The Morgan fingerprint density at radius 2 is 2.00 bits per heavy atom. The number of Topliss-reactive ketones (excluding diaryl/α,β-unsaturated/α-hetero) is 1. The molecule has 0 unspecified atom stereocenters. The standard InChI is InChI=1S/C14H18O2S/c15-14(10-5-7-16-8-6-10)13-9-11-3-1-2-4-12(11)17-13/h9-10H,1-8H2. The van der Waals surface area contributed by atoms with Gasteiger partial charge in [-0.05, 0) is 50.2 Å². The summed E-state index contributed by atoms with van der Waals surface area (Å²) in [6.45, 7) is 1.50. The van der Waals surface area contributed by atoms with Crippen LogP contribution in [0.1, 0.15) is 45.8 Å². The number of hydrogen-bond acceptors (Lipinski definition) is 3. The molecule has 3 rings (SSSR count). The number of carbonyl (C=O) groups excluding carboxylic acids is 1. The maximum Gasteiger partial charge on any atom is 0.176 e. The van der Waals surface area contributed by atoms with Gasteiger partial charge in [-0.2, -0.15) is 0 Å². The number of fused-ring (bicyclic) bond motifs is 1. The summed E-state index contributed by atoms with van der Waals surface area (Å²) in [4.78, 5) is 14.8. The molecule has 1 saturated heterocycles. The molecule has 2 aliphatic rings. The highest BCUT2D eigenvalue weighted by molar-refractivity contribution is 7.14. The largest absolute Gasteiger partial charge is 0.381 e. The molecule has 0 saturated carbocycles. The second-order valence-electron chi connectivity index (χ2n) is 5.02. The monoisotopic (exact) mass is 250 g/mol. The van der Waals surface area contributed by atoms with Crippen LogP contribution >= 0.6 is 11.3 Å². The first kappa shape index (κ1) is 11.4. The van der Waals surface area contributed by atoms with E-state index >= 15 is 0 Å². The van der Waals surface area contributed by atoms with E-state index in [0.717, 1.165) is 30.9 Å². The van der Waals surface area contributed by atoms with E-state index in [1.807, 2.05) is 0 Å². The van der Waals surface area contributed by atoms with Crippen LogP contribution in [0.5, 0.6) is 0 Å². The van der Waals surface area contributed by atoms with Crippen molar-refractivity contribution in [2.24, 2.45) is 5.92 Å². The third-order valence-electron chi connectivity index (χ3n) is 3.83. The van der Waals surface area contributed by atoms with Crippen LogP contribution in [0, 0.1) is 5.92 Å². The van der Waals surface area contributed by atoms with E-state index in [1.165, 1.54) is 36.1 Å². The zero-order valence-electron chi connectivity index (χ0n) is 10.0. The lowest BCUT2D eigenvalue weighted by molar-refractivity contribution is 0.0547. The van der Waals surface area contributed by atoms with Gasteiger partial charge in [0, 0.05) is 24.0 Å². The molecule has 1 fully saturated rings. The smallest absolute Gasteiger partial charge is 0.176 e. The third kappa shape index (κ3) is 2.31. The van der Waals surface area contributed by atoms with Crippen molar-refractivity contribution in [1.29, 1.82) is 0 Å². The zero-order valence-corrected chi connectivity index (χ0v) is 10.9. The molecule has 0 spiro atoms. The summed E-state index contributed by atoms with van der Waals surface area (Å²) in [6, 6.07) is 2.16. The molecule has 1 aromatic rings. The highest BCUT2D eigenvalue weighted by Gasteiger charge is 2.25. The van der Waals surface area contributed by atoms with E-state index in [-0.39, 0.29) is 5.92 Å². The first-order valence-corrected chi connectivity index (χ1v) is 7.40. The topological polar surface area (TPSA) is 26.3 Å². The third-order valence-corrected chi connectivity index (χ3v) is 5.08. The van der Waals surface area contributed by atoms with Crippen molar-refractivity contribution in [3.8, 4) is 0 Å². The lowest BCUT2D eigenvalue weighted by atomic mass is 9.93. The molecule has 0 N–H and O–H groups in total. The van der Waals surface area contributed by atoms with Crippen LogP contribution in [0.4, 0.5) is 0 Å². The van der Waals surface area contributed by atoms with Crippen molar-refractivity contribution < 1.29 is 9.53 Å². The molecular formula is C14H18O2S. The average molecular weight is 250 g/mol. The number of hydrogen-bond donors (Lipinski definition) is 0. The molecule has 1 aliphatic heterocycles. The molecule has 3 heteroatoms. The molecule has 92 valence electrons. The quantitative estimate of drug-likeness (QED) is 0.753. The van der Waals surface area contributed by atoms with Crippen LogP contribution in [0.25, 0.3) is 0 Å². The van der Waals surface area contributed by atoms with Gasteiger partial charge in [0.1, 0.15) is 0 Å². The van der Waals surface area contributed by atoms with Crippen molar-refractivity contribution in [3.63, 3.8) is 0 Å². The maximum absolute atomic E-state index is 12.4. The lowest BCUT2D eigenvalue weighted by Gasteiger charge is -2.19. The minimum atomic E-state index is 0.212. The first-order valence-electron chi connectivity index (χ1n) is 6.58. The summed E-state index contributed by atoms with van der Waals surface area (Å²) in [5, 5.41) is 0. The summed E-state index contributed by atoms with van der Waals surface area (Å²) in [7, 11) is 0. The Balaban J connectivity index is 1.78. The SMILES string of the molecule is O=C(c1cc2c(s1)CCCC2)C1CCOCC1. The van der Waals surface area contributed by atoms with E-state index in [9.17, 15) is 4.79 Å². The Morgan fingerprint density at radius 1 is 1.24 bits per heavy atom. The predicted molar refractivity (Wildman–Crippen MR) is 68.8 cm³/mol. The van der Waals surface area contributed by atoms with Crippen LogP contribution in [0.3, 0.4) is 0 Å². The molecule has 1 aliphatic carbocycles. The second-order valence-corrected chi connectivity index (χ2v) is 6.15. The molecule has 2 heterocycles. The minimum Gasteiger partial charge on any atom is -0.381 e. The summed E-state index contributed by atoms with van der Waals surface area (Å²) < 4.78 is 5.32. The highest BCUT2D eigenvalue weighted by Crippen LogP contribution is 2.32. The number of ether oxygens (including phenoxy) is 1. The fraction of sp³-hybridized carbons (Fsp3) is 0.643. The molecule has 0 bridgehead atoms. The summed E-state index contributed by atoms with van der Waals surface area (Å²) in [5.41, 5.74) is 1.44. The second kappa shape index (κ2) is 4.91.